The fourth-order valence-corrected chi connectivity index (χ4v) is 1.94. The second kappa shape index (κ2) is 6.09. The molecule has 0 aliphatic carbocycles. The second-order valence-corrected chi connectivity index (χ2v) is 4.73. The van der Waals surface area contributed by atoms with Gasteiger partial charge in [0.05, 0.1) is 0 Å². The molecule has 4 N–H and O–H groups in total. The molecule has 2 rings (SSSR count). The van der Waals surface area contributed by atoms with Gasteiger partial charge in [0, 0.05) is 29.5 Å². The molecule has 0 bridgehead atoms. The lowest BCUT2D eigenvalue weighted by Crippen LogP contribution is -2.14. The molecule has 21 heavy (non-hydrogen) atoms. The molecule has 0 saturated heterocycles. The predicted octanol–water partition coefficient (Wildman–Crippen LogP) is 2.79. The zero-order chi connectivity index (χ0) is 15.4. The van der Waals surface area contributed by atoms with Gasteiger partial charge in [0.15, 0.2) is 0 Å². The van der Waals surface area contributed by atoms with Crippen molar-refractivity contribution in [2.24, 2.45) is 0 Å². The standard InChI is InChI=1S/C16H17N3O2/c1-10-14(4-3-5-15(10)17)16(21)19-13-8-6-12(7-9-13)18-11(2)20/h3-9H,17H2,1-2H3,(H,18,20)(H,19,21). The van der Waals surface area contributed by atoms with Gasteiger partial charge in [-0.3, -0.25) is 9.59 Å². The second-order valence-electron chi connectivity index (χ2n) is 4.73. The van der Waals surface area contributed by atoms with Crippen molar-refractivity contribution in [2.75, 3.05) is 16.4 Å². The molecule has 2 aromatic carbocycles. The highest BCUT2D eigenvalue weighted by Crippen LogP contribution is 2.18. The van der Waals surface area contributed by atoms with E-state index in [9.17, 15) is 9.59 Å². The summed E-state index contributed by atoms with van der Waals surface area (Å²) in [6, 6.07) is 12.1. The average Bonchev–Trinajstić information content (AvgIpc) is 2.43. The maximum atomic E-state index is 12.2. The highest BCUT2D eigenvalue weighted by Gasteiger charge is 2.10. The summed E-state index contributed by atoms with van der Waals surface area (Å²) in [4.78, 5) is 23.2. The Bertz CT molecular complexity index is 678. The summed E-state index contributed by atoms with van der Waals surface area (Å²) in [5, 5.41) is 5.47. The van der Waals surface area contributed by atoms with Crippen molar-refractivity contribution in [1.82, 2.24) is 0 Å². The molecule has 0 radical (unpaired) electrons. The average molecular weight is 283 g/mol. The van der Waals surface area contributed by atoms with E-state index in [1.54, 1.807) is 42.5 Å². The van der Waals surface area contributed by atoms with Gasteiger partial charge in [-0.2, -0.15) is 0 Å². The van der Waals surface area contributed by atoms with Crippen LogP contribution in [0, 0.1) is 6.92 Å². The Kier molecular flexibility index (Phi) is 4.23. The van der Waals surface area contributed by atoms with Gasteiger partial charge in [-0.05, 0) is 48.9 Å². The van der Waals surface area contributed by atoms with Gasteiger partial charge >= 0.3 is 0 Å². The molecule has 108 valence electrons. The Morgan fingerprint density at radius 2 is 1.52 bits per heavy atom. The number of hydrogen-bond donors (Lipinski definition) is 3. The SMILES string of the molecule is CC(=O)Nc1ccc(NC(=O)c2cccc(N)c2C)cc1. The number of nitrogens with two attached hydrogens (primary N) is 1. The Morgan fingerprint density at radius 3 is 2.10 bits per heavy atom. The summed E-state index contributed by atoms with van der Waals surface area (Å²) in [6.45, 7) is 3.25. The monoisotopic (exact) mass is 283 g/mol. The highest BCUT2D eigenvalue weighted by molar-refractivity contribution is 6.06. The number of carbonyl (C=O) groups is 2. The molecule has 5 heteroatoms. The zero-order valence-corrected chi connectivity index (χ0v) is 11.9. The van der Waals surface area contributed by atoms with Crippen molar-refractivity contribution in [3.63, 3.8) is 0 Å². The third kappa shape index (κ3) is 3.60. The van der Waals surface area contributed by atoms with Crippen LogP contribution in [0.5, 0.6) is 0 Å². The minimum atomic E-state index is -0.216. The van der Waals surface area contributed by atoms with Crippen LogP contribution in [0.3, 0.4) is 0 Å². The summed E-state index contributed by atoms with van der Waals surface area (Å²) in [6.07, 6.45) is 0. The number of nitrogen functional groups attached to an aromatic ring is 1. The number of nitrogens with one attached hydrogen (secondary N) is 2. The van der Waals surface area contributed by atoms with E-state index < -0.39 is 0 Å². The number of carbonyl (C=O) groups excluding carboxylic acids is 2. The molecule has 5 nitrogen and oxygen atoms in total. The lowest BCUT2D eigenvalue weighted by atomic mass is 10.1. The molecular weight excluding hydrogens is 266 g/mol. The van der Waals surface area contributed by atoms with E-state index in [1.807, 2.05) is 6.92 Å². The van der Waals surface area contributed by atoms with E-state index in [1.165, 1.54) is 6.92 Å². The van der Waals surface area contributed by atoms with E-state index in [4.69, 9.17) is 5.73 Å². The molecule has 0 atom stereocenters. The largest absolute Gasteiger partial charge is 0.398 e. The number of benzene rings is 2. The first-order chi connectivity index (χ1) is 9.97. The summed E-state index contributed by atoms with van der Waals surface area (Å²) >= 11 is 0. The molecule has 0 saturated carbocycles. The topological polar surface area (TPSA) is 84.2 Å². The van der Waals surface area contributed by atoms with Crippen molar-refractivity contribution in [1.29, 1.82) is 0 Å². The van der Waals surface area contributed by atoms with Gasteiger partial charge < -0.3 is 16.4 Å². The summed E-state index contributed by atoms with van der Waals surface area (Å²) in [5.41, 5.74) is 9.01. The van der Waals surface area contributed by atoms with E-state index in [0.29, 0.717) is 22.6 Å². The van der Waals surface area contributed by atoms with Crippen LogP contribution in [0.1, 0.15) is 22.8 Å². The van der Waals surface area contributed by atoms with Crippen molar-refractivity contribution < 1.29 is 9.59 Å². The third-order valence-electron chi connectivity index (χ3n) is 3.08. The van der Waals surface area contributed by atoms with Crippen molar-refractivity contribution in [3.05, 3.63) is 53.6 Å². The Morgan fingerprint density at radius 1 is 0.952 bits per heavy atom. The third-order valence-corrected chi connectivity index (χ3v) is 3.08. The van der Waals surface area contributed by atoms with Crippen LogP contribution in [0.4, 0.5) is 17.1 Å². The van der Waals surface area contributed by atoms with Crippen LogP contribution in [-0.4, -0.2) is 11.8 Å². The molecule has 2 aromatic rings. The minimum absolute atomic E-state index is 0.137. The van der Waals surface area contributed by atoms with Crippen LogP contribution < -0.4 is 16.4 Å². The van der Waals surface area contributed by atoms with Gasteiger partial charge in [-0.25, -0.2) is 0 Å². The first kappa shape index (κ1) is 14.6. The smallest absolute Gasteiger partial charge is 0.256 e. The van der Waals surface area contributed by atoms with Crippen LogP contribution in [-0.2, 0) is 4.79 Å². The van der Waals surface area contributed by atoms with Gasteiger partial charge in [0.2, 0.25) is 5.91 Å². The lowest BCUT2D eigenvalue weighted by molar-refractivity contribution is -0.114. The van der Waals surface area contributed by atoms with Crippen LogP contribution in [0.25, 0.3) is 0 Å². The van der Waals surface area contributed by atoms with Gasteiger partial charge in [-0.15, -0.1) is 0 Å². The Labute approximate surface area is 123 Å². The quantitative estimate of drug-likeness (QED) is 0.757. The minimum Gasteiger partial charge on any atom is -0.398 e. The van der Waals surface area contributed by atoms with Crippen LogP contribution in [0.2, 0.25) is 0 Å². The number of hydrogen-bond acceptors (Lipinski definition) is 3. The lowest BCUT2D eigenvalue weighted by Gasteiger charge is -2.10. The molecule has 0 aliphatic heterocycles. The first-order valence-electron chi connectivity index (χ1n) is 6.51. The Balaban J connectivity index is 2.12. The maximum Gasteiger partial charge on any atom is 0.256 e. The Hall–Kier alpha value is -2.82. The maximum absolute atomic E-state index is 12.2. The van der Waals surface area contributed by atoms with Gasteiger partial charge in [-0.1, -0.05) is 6.07 Å². The highest BCUT2D eigenvalue weighted by atomic mass is 16.2. The summed E-state index contributed by atoms with van der Waals surface area (Å²) in [5.74, 6) is -0.353. The van der Waals surface area contributed by atoms with Crippen molar-refractivity contribution >= 4 is 28.9 Å². The fourth-order valence-electron chi connectivity index (χ4n) is 1.94. The van der Waals surface area contributed by atoms with Crippen LogP contribution >= 0.6 is 0 Å². The van der Waals surface area contributed by atoms with E-state index >= 15 is 0 Å². The van der Waals surface area contributed by atoms with E-state index in [2.05, 4.69) is 10.6 Å². The number of amides is 2. The van der Waals surface area contributed by atoms with Crippen LogP contribution in [0.15, 0.2) is 42.5 Å². The molecule has 0 unspecified atom stereocenters. The fraction of sp³-hybridized carbons (Fsp3) is 0.125. The first-order valence-corrected chi connectivity index (χ1v) is 6.51. The van der Waals surface area contributed by atoms with Crippen molar-refractivity contribution in [3.8, 4) is 0 Å². The summed E-state index contributed by atoms with van der Waals surface area (Å²) in [7, 11) is 0. The molecule has 0 spiro atoms. The molecule has 0 aromatic heterocycles. The number of anilines is 3. The normalized spacial score (nSPS) is 10.0. The summed E-state index contributed by atoms with van der Waals surface area (Å²) < 4.78 is 0. The van der Waals surface area contributed by atoms with Gasteiger partial charge in [0.25, 0.3) is 5.91 Å². The molecule has 0 heterocycles. The van der Waals surface area contributed by atoms with E-state index in [0.717, 1.165) is 5.56 Å². The predicted molar refractivity (Wildman–Crippen MR) is 84.3 cm³/mol. The van der Waals surface area contributed by atoms with E-state index in [-0.39, 0.29) is 11.8 Å². The molecule has 2 amide bonds. The van der Waals surface area contributed by atoms with Gasteiger partial charge in [0.1, 0.15) is 0 Å². The number of rotatable bonds is 3. The molecule has 0 aliphatic rings. The zero-order valence-electron chi connectivity index (χ0n) is 11.9. The molecular formula is C16H17N3O2. The van der Waals surface area contributed by atoms with Crippen molar-refractivity contribution in [2.45, 2.75) is 13.8 Å². The molecule has 0 fully saturated rings.